The van der Waals surface area contributed by atoms with Crippen LogP contribution >= 0.6 is 11.6 Å². The highest BCUT2D eigenvalue weighted by molar-refractivity contribution is 6.31. The molecule has 0 fully saturated rings. The number of hydrogen-bond acceptors (Lipinski definition) is 2. The Morgan fingerprint density at radius 2 is 1.76 bits per heavy atom. The lowest BCUT2D eigenvalue weighted by molar-refractivity contribution is -0.120. The van der Waals surface area contributed by atoms with Crippen LogP contribution in [0.3, 0.4) is 0 Å². The number of nitrogens with one attached hydrogen (secondary N) is 1. The van der Waals surface area contributed by atoms with E-state index >= 15 is 0 Å². The van der Waals surface area contributed by atoms with Crippen LogP contribution in [0.2, 0.25) is 5.02 Å². The molecule has 0 aliphatic rings. The first-order chi connectivity index (χ1) is 10.1. The van der Waals surface area contributed by atoms with Gasteiger partial charge < -0.3 is 5.32 Å². The molecule has 0 aliphatic carbocycles. The van der Waals surface area contributed by atoms with E-state index in [-0.39, 0.29) is 18.2 Å². The van der Waals surface area contributed by atoms with E-state index in [1.165, 1.54) is 0 Å². The SMILES string of the molecule is O=C(CCc1ccccc1)NCC(=O)c1cccc(Cl)c1. The minimum atomic E-state index is -0.148. The van der Waals surface area contributed by atoms with Crippen molar-refractivity contribution in [3.05, 3.63) is 70.7 Å². The fourth-order valence-electron chi connectivity index (χ4n) is 1.93. The Morgan fingerprint density at radius 3 is 2.48 bits per heavy atom. The van der Waals surface area contributed by atoms with Gasteiger partial charge in [0.15, 0.2) is 5.78 Å². The van der Waals surface area contributed by atoms with Crippen molar-refractivity contribution in [2.24, 2.45) is 0 Å². The highest BCUT2D eigenvalue weighted by Crippen LogP contribution is 2.10. The number of ketones is 1. The Hall–Kier alpha value is -2.13. The lowest BCUT2D eigenvalue weighted by Crippen LogP contribution is -2.29. The van der Waals surface area contributed by atoms with Gasteiger partial charge in [-0.1, -0.05) is 54.1 Å². The van der Waals surface area contributed by atoms with Gasteiger partial charge in [0.05, 0.1) is 6.54 Å². The van der Waals surface area contributed by atoms with Gasteiger partial charge in [-0.2, -0.15) is 0 Å². The second-order valence-corrected chi connectivity index (χ2v) is 5.13. The summed E-state index contributed by atoms with van der Waals surface area (Å²) in [6.07, 6.45) is 1.03. The number of halogens is 1. The number of Topliss-reactive ketones (excluding diaryl/α,β-unsaturated/α-hetero) is 1. The van der Waals surface area contributed by atoms with E-state index in [4.69, 9.17) is 11.6 Å². The summed E-state index contributed by atoms with van der Waals surface area (Å²) in [5, 5.41) is 3.15. The number of aryl methyl sites for hydroxylation is 1. The minimum Gasteiger partial charge on any atom is -0.349 e. The first-order valence-corrected chi connectivity index (χ1v) is 7.12. The number of carbonyl (C=O) groups is 2. The number of rotatable bonds is 6. The lowest BCUT2D eigenvalue weighted by atomic mass is 10.1. The number of hydrogen-bond donors (Lipinski definition) is 1. The largest absolute Gasteiger partial charge is 0.349 e. The van der Waals surface area contributed by atoms with Crippen molar-refractivity contribution in [1.82, 2.24) is 5.32 Å². The average molecular weight is 302 g/mol. The van der Waals surface area contributed by atoms with Gasteiger partial charge in [-0.05, 0) is 24.1 Å². The smallest absolute Gasteiger partial charge is 0.220 e. The summed E-state index contributed by atoms with van der Waals surface area (Å²) in [5.74, 6) is -0.278. The molecule has 0 spiro atoms. The number of amides is 1. The molecule has 2 aromatic rings. The molecule has 0 atom stereocenters. The molecule has 0 saturated carbocycles. The standard InChI is InChI=1S/C17H16ClNO2/c18-15-8-4-7-14(11-15)16(20)12-19-17(21)10-9-13-5-2-1-3-6-13/h1-8,11H,9-10,12H2,(H,19,21). The summed E-state index contributed by atoms with van der Waals surface area (Å²) in [6.45, 7) is -0.00599. The van der Waals surface area contributed by atoms with Gasteiger partial charge in [0, 0.05) is 17.0 Å². The van der Waals surface area contributed by atoms with Crippen LogP contribution in [0.4, 0.5) is 0 Å². The van der Waals surface area contributed by atoms with Gasteiger partial charge in [-0.15, -0.1) is 0 Å². The highest BCUT2D eigenvalue weighted by Gasteiger charge is 2.08. The Labute approximate surface area is 128 Å². The van der Waals surface area contributed by atoms with Crippen molar-refractivity contribution in [1.29, 1.82) is 0 Å². The molecule has 0 radical (unpaired) electrons. The van der Waals surface area contributed by atoms with E-state index in [1.54, 1.807) is 24.3 Å². The molecule has 4 heteroatoms. The van der Waals surface area contributed by atoms with Crippen LogP contribution in [0.25, 0.3) is 0 Å². The first-order valence-electron chi connectivity index (χ1n) is 6.74. The van der Waals surface area contributed by atoms with Crippen LogP contribution < -0.4 is 5.32 Å². The predicted octanol–water partition coefficient (Wildman–Crippen LogP) is 3.27. The van der Waals surface area contributed by atoms with Crippen molar-refractivity contribution in [3.8, 4) is 0 Å². The topological polar surface area (TPSA) is 46.2 Å². The zero-order valence-electron chi connectivity index (χ0n) is 11.5. The number of carbonyl (C=O) groups excluding carboxylic acids is 2. The fraction of sp³-hybridized carbons (Fsp3) is 0.176. The zero-order valence-corrected chi connectivity index (χ0v) is 12.3. The van der Waals surface area contributed by atoms with Crippen molar-refractivity contribution in [3.63, 3.8) is 0 Å². The van der Waals surface area contributed by atoms with Gasteiger partial charge in [0.2, 0.25) is 5.91 Å². The summed E-state index contributed by atoms with van der Waals surface area (Å²) < 4.78 is 0. The van der Waals surface area contributed by atoms with Gasteiger partial charge in [0.25, 0.3) is 0 Å². The molecule has 0 aromatic heterocycles. The third-order valence-electron chi connectivity index (χ3n) is 3.08. The molecule has 0 aliphatic heterocycles. The highest BCUT2D eigenvalue weighted by atomic mass is 35.5. The quantitative estimate of drug-likeness (QED) is 0.832. The summed E-state index contributed by atoms with van der Waals surface area (Å²) >= 11 is 5.83. The van der Waals surface area contributed by atoms with Crippen LogP contribution in [0.15, 0.2) is 54.6 Å². The first kappa shape index (κ1) is 15.3. The summed E-state index contributed by atoms with van der Waals surface area (Å²) in [4.78, 5) is 23.6. The van der Waals surface area contributed by atoms with E-state index in [1.807, 2.05) is 30.3 Å². The van der Waals surface area contributed by atoms with Crippen molar-refractivity contribution >= 4 is 23.3 Å². The molecule has 1 N–H and O–H groups in total. The van der Waals surface area contributed by atoms with E-state index in [0.717, 1.165) is 5.56 Å². The molecule has 2 rings (SSSR count). The second-order valence-electron chi connectivity index (χ2n) is 4.70. The third-order valence-corrected chi connectivity index (χ3v) is 3.31. The Morgan fingerprint density at radius 1 is 1.00 bits per heavy atom. The summed E-state index contributed by atoms with van der Waals surface area (Å²) in [5.41, 5.74) is 1.61. The molecule has 0 bridgehead atoms. The fourth-order valence-corrected chi connectivity index (χ4v) is 2.12. The maximum absolute atomic E-state index is 11.9. The van der Waals surface area contributed by atoms with Crippen LogP contribution in [0, 0.1) is 0 Å². The Bertz CT molecular complexity index is 626. The molecule has 0 unspecified atom stereocenters. The van der Waals surface area contributed by atoms with Crippen molar-refractivity contribution in [2.45, 2.75) is 12.8 Å². The molecule has 3 nitrogen and oxygen atoms in total. The maximum Gasteiger partial charge on any atom is 0.220 e. The lowest BCUT2D eigenvalue weighted by Gasteiger charge is -2.05. The van der Waals surface area contributed by atoms with E-state index in [0.29, 0.717) is 23.4 Å². The Kier molecular flexibility index (Phi) is 5.52. The summed E-state index contributed by atoms with van der Waals surface area (Å²) in [6, 6.07) is 16.5. The number of benzene rings is 2. The molecule has 108 valence electrons. The Balaban J connectivity index is 1.77. The minimum absolute atomic E-state index is 0.00599. The molecular weight excluding hydrogens is 286 g/mol. The van der Waals surface area contributed by atoms with Crippen LogP contribution in [-0.2, 0) is 11.2 Å². The van der Waals surface area contributed by atoms with Gasteiger partial charge in [-0.25, -0.2) is 0 Å². The zero-order chi connectivity index (χ0) is 15.1. The van der Waals surface area contributed by atoms with E-state index in [9.17, 15) is 9.59 Å². The predicted molar refractivity (Wildman–Crippen MR) is 83.6 cm³/mol. The molecule has 0 saturated heterocycles. The molecule has 0 heterocycles. The molecular formula is C17H16ClNO2. The molecule has 1 amide bonds. The van der Waals surface area contributed by atoms with E-state index < -0.39 is 0 Å². The van der Waals surface area contributed by atoms with Gasteiger partial charge in [-0.3, -0.25) is 9.59 Å². The van der Waals surface area contributed by atoms with E-state index in [2.05, 4.69) is 5.32 Å². The van der Waals surface area contributed by atoms with Crippen molar-refractivity contribution in [2.75, 3.05) is 6.54 Å². The molecule has 21 heavy (non-hydrogen) atoms. The summed E-state index contributed by atoms with van der Waals surface area (Å²) in [7, 11) is 0. The maximum atomic E-state index is 11.9. The van der Waals surface area contributed by atoms with Crippen LogP contribution in [-0.4, -0.2) is 18.2 Å². The molecule has 2 aromatic carbocycles. The van der Waals surface area contributed by atoms with Crippen molar-refractivity contribution < 1.29 is 9.59 Å². The van der Waals surface area contributed by atoms with Crippen LogP contribution in [0.1, 0.15) is 22.3 Å². The normalized spacial score (nSPS) is 10.1. The van der Waals surface area contributed by atoms with Gasteiger partial charge >= 0.3 is 0 Å². The third kappa shape index (κ3) is 5.04. The second kappa shape index (κ2) is 7.60. The van der Waals surface area contributed by atoms with Crippen LogP contribution in [0.5, 0.6) is 0 Å². The average Bonchev–Trinajstić information content (AvgIpc) is 2.51. The van der Waals surface area contributed by atoms with Gasteiger partial charge in [0.1, 0.15) is 0 Å². The monoisotopic (exact) mass is 301 g/mol.